The Morgan fingerprint density at radius 3 is 2.20 bits per heavy atom. The van der Waals surface area contributed by atoms with E-state index in [1.807, 2.05) is 24.3 Å². The fraction of sp³-hybridized carbons (Fsp3) is 0. The van der Waals surface area contributed by atoms with E-state index in [1.54, 1.807) is 0 Å². The van der Waals surface area contributed by atoms with Crippen molar-refractivity contribution in [3.63, 3.8) is 0 Å². The summed E-state index contributed by atoms with van der Waals surface area (Å²) < 4.78 is 1.03. The number of hydrogen-bond acceptors (Lipinski definition) is 3. The van der Waals surface area contributed by atoms with Crippen molar-refractivity contribution in [2.45, 2.75) is 0 Å². The van der Waals surface area contributed by atoms with Gasteiger partial charge in [-0.05, 0) is 18.2 Å². The van der Waals surface area contributed by atoms with Crippen molar-refractivity contribution in [3.8, 4) is 0 Å². The number of nitrogens with two attached hydrogens (primary N) is 1. The van der Waals surface area contributed by atoms with E-state index < -0.39 is 0 Å². The number of nitrogens with zero attached hydrogens (tertiary/aromatic N) is 2. The average molecular weight is 200 g/mol. The molecule has 4 heteroatoms. The lowest BCUT2D eigenvalue weighted by atomic mass is 10.3. The van der Waals surface area contributed by atoms with Crippen molar-refractivity contribution < 1.29 is 0 Å². The lowest BCUT2D eigenvalue weighted by Crippen LogP contribution is -1.80. The summed E-state index contributed by atoms with van der Waals surface area (Å²) in [5.74, 6) is 0. The van der Waals surface area contributed by atoms with Crippen LogP contribution >= 0.6 is 15.9 Å². The van der Waals surface area contributed by atoms with Crippen molar-refractivity contribution in [1.29, 1.82) is 10.8 Å². The summed E-state index contributed by atoms with van der Waals surface area (Å²) in [7, 11) is 0. The summed E-state index contributed by atoms with van der Waals surface area (Å²) in [5.41, 5.74) is 6.22. The minimum atomic E-state index is 0.791. The normalized spacial score (nSPS) is 7.50. The Morgan fingerprint density at radius 2 is 1.90 bits per heavy atom. The van der Waals surface area contributed by atoms with Gasteiger partial charge in [-0.1, -0.05) is 22.0 Å². The summed E-state index contributed by atoms with van der Waals surface area (Å²) in [4.78, 5) is 0. The van der Waals surface area contributed by atoms with Gasteiger partial charge in [-0.2, -0.15) is 0 Å². The van der Waals surface area contributed by atoms with Gasteiger partial charge in [0.15, 0.2) is 0 Å². The van der Waals surface area contributed by atoms with E-state index in [0.717, 1.165) is 10.2 Å². The van der Waals surface area contributed by atoms with Crippen molar-refractivity contribution >= 4 is 21.6 Å². The summed E-state index contributed by atoms with van der Waals surface area (Å²) in [6, 6.07) is 7.56. The van der Waals surface area contributed by atoms with Crippen LogP contribution in [0.25, 0.3) is 0 Å². The largest absolute Gasteiger partial charge is 0.399 e. The Kier molecular flexibility index (Phi) is 4.25. The van der Waals surface area contributed by atoms with Gasteiger partial charge in [-0.15, -0.1) is 0 Å². The van der Waals surface area contributed by atoms with Crippen LogP contribution in [-0.2, 0) is 0 Å². The zero-order valence-electron chi connectivity index (χ0n) is 5.16. The standard InChI is InChI=1S/C6H6BrN.N2/c7-5-2-1-3-6(8)4-5;1-2/h1-4H,8H2;. The second-order valence-corrected chi connectivity index (χ2v) is 2.47. The van der Waals surface area contributed by atoms with Gasteiger partial charge in [0.25, 0.3) is 0 Å². The van der Waals surface area contributed by atoms with Crippen LogP contribution in [0.3, 0.4) is 0 Å². The maximum absolute atomic E-state index is 6.00. The number of hydrogen-bond donors (Lipinski definition) is 1. The van der Waals surface area contributed by atoms with E-state index >= 15 is 0 Å². The van der Waals surface area contributed by atoms with Gasteiger partial charge < -0.3 is 5.73 Å². The Morgan fingerprint density at radius 1 is 1.30 bits per heavy atom. The maximum Gasteiger partial charge on any atom is 0.0325 e. The summed E-state index contributed by atoms with van der Waals surface area (Å²) in [6.07, 6.45) is 0. The molecule has 0 amide bonds. The highest BCUT2D eigenvalue weighted by atomic mass is 79.9. The third-order valence-electron chi connectivity index (χ3n) is 0.849. The Bertz CT molecular complexity index is 204. The highest BCUT2D eigenvalue weighted by molar-refractivity contribution is 9.10. The minimum Gasteiger partial charge on any atom is -0.399 e. The highest BCUT2D eigenvalue weighted by Gasteiger charge is 1.82. The van der Waals surface area contributed by atoms with E-state index in [9.17, 15) is 0 Å². The molecule has 0 unspecified atom stereocenters. The number of anilines is 1. The van der Waals surface area contributed by atoms with E-state index in [2.05, 4.69) is 15.9 Å². The van der Waals surface area contributed by atoms with Gasteiger partial charge in [0.1, 0.15) is 0 Å². The van der Waals surface area contributed by atoms with Crippen LogP contribution in [0.1, 0.15) is 0 Å². The zero-order chi connectivity index (χ0) is 7.98. The fourth-order valence-corrected chi connectivity index (χ4v) is 0.924. The van der Waals surface area contributed by atoms with E-state index in [1.165, 1.54) is 0 Å². The van der Waals surface area contributed by atoms with Crippen LogP contribution in [0.15, 0.2) is 28.7 Å². The zero-order valence-corrected chi connectivity index (χ0v) is 6.75. The molecule has 0 aromatic heterocycles. The fourth-order valence-electron chi connectivity index (χ4n) is 0.507. The van der Waals surface area contributed by atoms with E-state index in [0.29, 0.717) is 0 Å². The molecule has 0 saturated heterocycles. The molecule has 0 radical (unpaired) electrons. The molecule has 0 aliphatic heterocycles. The molecule has 0 aliphatic rings. The quantitative estimate of drug-likeness (QED) is 0.514. The van der Waals surface area contributed by atoms with Crippen molar-refractivity contribution in [3.05, 3.63) is 28.7 Å². The molecule has 1 aromatic carbocycles. The van der Waals surface area contributed by atoms with Gasteiger partial charge in [0.05, 0.1) is 0 Å². The molecule has 0 fully saturated rings. The van der Waals surface area contributed by atoms with Crippen LogP contribution in [-0.4, -0.2) is 0 Å². The Hall–Kier alpha value is -1.08. The molecule has 0 heterocycles. The first-order chi connectivity index (χ1) is 4.79. The van der Waals surface area contributed by atoms with Crippen molar-refractivity contribution in [1.82, 2.24) is 0 Å². The van der Waals surface area contributed by atoms with Crippen LogP contribution in [0.4, 0.5) is 5.69 Å². The predicted octanol–water partition coefficient (Wildman–Crippen LogP) is 2.06. The van der Waals surface area contributed by atoms with Gasteiger partial charge in [0, 0.05) is 20.9 Å². The molecule has 1 rings (SSSR count). The molecule has 10 heavy (non-hydrogen) atoms. The molecule has 3 nitrogen and oxygen atoms in total. The average Bonchev–Trinajstić information content (AvgIpc) is 1.91. The summed E-state index contributed by atoms with van der Waals surface area (Å²) in [5, 5.41) is 12.0. The van der Waals surface area contributed by atoms with Gasteiger partial charge >= 0.3 is 0 Å². The maximum atomic E-state index is 6.00. The Labute approximate surface area is 67.4 Å². The van der Waals surface area contributed by atoms with Gasteiger partial charge in [0.2, 0.25) is 0 Å². The second-order valence-electron chi connectivity index (χ2n) is 1.56. The number of benzene rings is 1. The molecule has 0 saturated carbocycles. The monoisotopic (exact) mass is 199 g/mol. The lowest BCUT2D eigenvalue weighted by Gasteiger charge is -1.89. The molecular formula is C6H6BrN3. The lowest BCUT2D eigenvalue weighted by molar-refractivity contribution is 1.15. The third-order valence-corrected chi connectivity index (χ3v) is 1.34. The molecule has 1 aromatic rings. The molecule has 2 N–H and O–H groups in total. The predicted molar refractivity (Wildman–Crippen MR) is 42.0 cm³/mol. The first-order valence-corrected chi connectivity index (χ1v) is 3.29. The van der Waals surface area contributed by atoms with Crippen molar-refractivity contribution in [2.24, 2.45) is 0 Å². The number of halogens is 1. The molecule has 0 aliphatic carbocycles. The summed E-state index contributed by atoms with van der Waals surface area (Å²) in [6.45, 7) is 0. The SMILES string of the molecule is N#N.Nc1cccc(Br)c1. The van der Waals surface area contributed by atoms with Gasteiger partial charge in [-0.25, -0.2) is 0 Å². The van der Waals surface area contributed by atoms with Crippen molar-refractivity contribution in [2.75, 3.05) is 5.73 Å². The molecule has 0 spiro atoms. The first-order valence-electron chi connectivity index (χ1n) is 2.50. The van der Waals surface area contributed by atoms with E-state index in [4.69, 9.17) is 16.5 Å². The number of rotatable bonds is 0. The van der Waals surface area contributed by atoms with Gasteiger partial charge in [-0.3, -0.25) is 0 Å². The minimum absolute atomic E-state index is 0.791. The highest BCUT2D eigenvalue weighted by Crippen LogP contribution is 2.11. The molecular weight excluding hydrogens is 194 g/mol. The van der Waals surface area contributed by atoms with Crippen LogP contribution in [0, 0.1) is 10.8 Å². The third kappa shape index (κ3) is 3.05. The van der Waals surface area contributed by atoms with Crippen LogP contribution < -0.4 is 5.73 Å². The summed E-state index contributed by atoms with van der Waals surface area (Å²) >= 11 is 3.28. The Balaban J connectivity index is 0.000000371. The molecule has 0 atom stereocenters. The number of nitrogen functional groups attached to an aromatic ring is 1. The molecule has 52 valence electrons. The molecule has 0 bridgehead atoms. The van der Waals surface area contributed by atoms with E-state index in [-0.39, 0.29) is 0 Å². The second kappa shape index (κ2) is 4.77. The topological polar surface area (TPSA) is 73.6 Å². The van der Waals surface area contributed by atoms with Crippen LogP contribution in [0.2, 0.25) is 0 Å². The first kappa shape index (κ1) is 8.92. The smallest absolute Gasteiger partial charge is 0.0325 e. The van der Waals surface area contributed by atoms with Crippen LogP contribution in [0.5, 0.6) is 0 Å².